The Labute approximate surface area is 293 Å². The van der Waals surface area contributed by atoms with Gasteiger partial charge < -0.3 is 9.47 Å². The lowest BCUT2D eigenvalue weighted by Gasteiger charge is -2.26. The van der Waals surface area contributed by atoms with Gasteiger partial charge in [-0.3, -0.25) is 0 Å². The largest absolute Gasteiger partial charge is 0.311 e. The van der Waals surface area contributed by atoms with E-state index in [1.165, 1.54) is 55.3 Å². The van der Waals surface area contributed by atoms with Crippen LogP contribution in [0.5, 0.6) is 0 Å². The second-order valence-corrected chi connectivity index (χ2v) is 13.0. The minimum absolute atomic E-state index is 0.422. The molecule has 2 heteroatoms. The second-order valence-electron chi connectivity index (χ2n) is 13.0. The van der Waals surface area contributed by atoms with Crippen LogP contribution in [0.15, 0.2) is 200 Å². The minimum Gasteiger partial charge on any atom is -0.311 e. The molecule has 0 saturated heterocycles. The number of hydrogen-bond donors (Lipinski definition) is 0. The van der Waals surface area contributed by atoms with Gasteiger partial charge in [-0.2, -0.15) is 0 Å². The number of para-hydroxylation sites is 2. The maximum Gasteiger partial charge on any atom is 0.0541 e. The van der Waals surface area contributed by atoms with Gasteiger partial charge in [-0.1, -0.05) is 133 Å². The topological polar surface area (TPSA) is 8.17 Å². The van der Waals surface area contributed by atoms with E-state index in [4.69, 9.17) is 0 Å². The minimum atomic E-state index is 0.422. The first kappa shape index (κ1) is 29.7. The van der Waals surface area contributed by atoms with E-state index in [-0.39, 0.29) is 0 Å². The molecule has 50 heavy (non-hydrogen) atoms. The molecular weight excluding hydrogens is 605 g/mol. The van der Waals surface area contributed by atoms with E-state index in [9.17, 15) is 0 Å². The van der Waals surface area contributed by atoms with Gasteiger partial charge in [-0.15, -0.1) is 0 Å². The molecule has 0 amide bonds. The summed E-state index contributed by atoms with van der Waals surface area (Å²) in [6, 6.07) is 63.8. The summed E-state index contributed by atoms with van der Waals surface area (Å²) in [6.07, 6.45) is 9.88. The highest BCUT2D eigenvalue weighted by Crippen LogP contribution is 2.39. The first-order chi connectivity index (χ1) is 24.8. The number of nitrogens with zero attached hydrogens (tertiary/aromatic N) is 2. The quantitative estimate of drug-likeness (QED) is 0.168. The molecular formula is C48H36N2. The van der Waals surface area contributed by atoms with Crippen molar-refractivity contribution in [1.82, 2.24) is 4.57 Å². The summed E-state index contributed by atoms with van der Waals surface area (Å²) in [4.78, 5) is 2.36. The van der Waals surface area contributed by atoms with Crippen LogP contribution in [0.4, 0.5) is 17.1 Å². The van der Waals surface area contributed by atoms with Crippen LogP contribution in [0, 0.1) is 0 Å². The summed E-state index contributed by atoms with van der Waals surface area (Å²) in [6.45, 7) is 0. The van der Waals surface area contributed by atoms with Gasteiger partial charge in [0.05, 0.1) is 11.0 Å². The highest BCUT2D eigenvalue weighted by molar-refractivity contribution is 6.10. The highest BCUT2D eigenvalue weighted by atomic mass is 15.1. The van der Waals surface area contributed by atoms with Gasteiger partial charge in [-0.25, -0.2) is 0 Å². The molecule has 7 aromatic carbocycles. The van der Waals surface area contributed by atoms with Crippen molar-refractivity contribution in [3.05, 3.63) is 206 Å². The van der Waals surface area contributed by atoms with E-state index in [1.54, 1.807) is 0 Å². The monoisotopic (exact) mass is 640 g/mol. The fourth-order valence-corrected chi connectivity index (χ4v) is 7.39. The Balaban J connectivity index is 1.09. The van der Waals surface area contributed by atoms with Crippen LogP contribution in [0.1, 0.15) is 17.9 Å². The lowest BCUT2D eigenvalue weighted by molar-refractivity contribution is 0.854. The molecule has 238 valence electrons. The summed E-state index contributed by atoms with van der Waals surface area (Å²) < 4.78 is 2.37. The Morgan fingerprint density at radius 3 is 1.64 bits per heavy atom. The molecule has 0 spiro atoms. The number of benzene rings is 7. The van der Waals surface area contributed by atoms with Crippen molar-refractivity contribution in [2.24, 2.45) is 0 Å². The maximum absolute atomic E-state index is 2.37. The third kappa shape index (κ3) is 5.51. The van der Waals surface area contributed by atoms with Gasteiger partial charge in [0.15, 0.2) is 0 Å². The van der Waals surface area contributed by atoms with Crippen molar-refractivity contribution in [3.8, 4) is 27.9 Å². The fraction of sp³-hybridized carbons (Fsp3) is 0.0417. The van der Waals surface area contributed by atoms with Crippen molar-refractivity contribution >= 4 is 38.9 Å². The number of aromatic nitrogens is 1. The molecule has 8 aromatic rings. The second kappa shape index (κ2) is 12.9. The predicted molar refractivity (Wildman–Crippen MR) is 212 cm³/mol. The zero-order chi connectivity index (χ0) is 33.3. The first-order valence-corrected chi connectivity index (χ1v) is 17.4. The average Bonchev–Trinajstić information content (AvgIpc) is 3.53. The van der Waals surface area contributed by atoms with Crippen LogP contribution >= 0.6 is 0 Å². The summed E-state index contributed by atoms with van der Waals surface area (Å²) >= 11 is 0. The normalized spacial score (nSPS) is 14.0. The molecule has 1 aliphatic rings. The van der Waals surface area contributed by atoms with Crippen LogP contribution < -0.4 is 4.90 Å². The Morgan fingerprint density at radius 2 is 0.980 bits per heavy atom. The molecule has 0 bridgehead atoms. The van der Waals surface area contributed by atoms with E-state index < -0.39 is 0 Å². The smallest absolute Gasteiger partial charge is 0.0541 e. The lowest BCUT2D eigenvalue weighted by Crippen LogP contribution is -2.10. The molecule has 0 saturated carbocycles. The van der Waals surface area contributed by atoms with E-state index >= 15 is 0 Å². The Morgan fingerprint density at radius 1 is 0.440 bits per heavy atom. The van der Waals surface area contributed by atoms with Crippen molar-refractivity contribution in [3.63, 3.8) is 0 Å². The van der Waals surface area contributed by atoms with Gasteiger partial charge in [0.25, 0.3) is 0 Å². The third-order valence-electron chi connectivity index (χ3n) is 9.94. The van der Waals surface area contributed by atoms with Crippen LogP contribution in [0.2, 0.25) is 0 Å². The molecule has 0 fully saturated rings. The zero-order valence-electron chi connectivity index (χ0n) is 27.7. The van der Waals surface area contributed by atoms with Gasteiger partial charge in [0.1, 0.15) is 0 Å². The first-order valence-electron chi connectivity index (χ1n) is 17.4. The van der Waals surface area contributed by atoms with Gasteiger partial charge in [0.2, 0.25) is 0 Å². The molecule has 0 N–H and O–H groups in total. The van der Waals surface area contributed by atoms with Gasteiger partial charge >= 0.3 is 0 Å². The summed E-state index contributed by atoms with van der Waals surface area (Å²) in [5.41, 5.74) is 13.2. The summed E-state index contributed by atoms with van der Waals surface area (Å²) in [5.74, 6) is 0.422. The van der Waals surface area contributed by atoms with E-state index in [0.717, 1.165) is 23.5 Å². The van der Waals surface area contributed by atoms with Crippen LogP contribution in [0.3, 0.4) is 0 Å². The molecule has 1 aromatic heterocycles. The molecule has 0 aliphatic heterocycles. The van der Waals surface area contributed by atoms with Gasteiger partial charge in [-0.05, 0) is 101 Å². The number of rotatable bonds is 7. The molecule has 1 heterocycles. The van der Waals surface area contributed by atoms with E-state index in [1.807, 2.05) is 0 Å². The van der Waals surface area contributed by atoms with Crippen LogP contribution in [-0.2, 0) is 0 Å². The van der Waals surface area contributed by atoms with E-state index in [2.05, 4.69) is 210 Å². The van der Waals surface area contributed by atoms with Crippen LogP contribution in [-0.4, -0.2) is 4.57 Å². The zero-order valence-corrected chi connectivity index (χ0v) is 27.7. The van der Waals surface area contributed by atoms with Crippen molar-refractivity contribution in [2.75, 3.05) is 4.90 Å². The van der Waals surface area contributed by atoms with Gasteiger partial charge in [0, 0.05) is 39.4 Å². The lowest BCUT2D eigenvalue weighted by atomic mass is 9.92. The SMILES string of the molecule is C1=CC[C@H](c2ccc(N(c3ccc(-c4ccccc4)cc3)c3ccc(-c4ccc5c(c4)c4ccccc4n5-c4ccccc4)cc3)cc2)C=C1. The standard InChI is InChI=1S/C48H36N2/c1-4-12-35(13-5-1)37-20-27-42(28-21-37)49(43-29-22-38(23-30-43)36-14-6-2-7-15-36)44-31-24-39(25-32-44)40-26-33-48-46(34-40)45-18-10-11-19-47(45)50(48)41-16-8-3-9-17-41/h1-14,16-34,36H,15H2/t36-/m1/s1. The maximum atomic E-state index is 2.37. The summed E-state index contributed by atoms with van der Waals surface area (Å²) in [5, 5.41) is 2.52. The van der Waals surface area contributed by atoms with Crippen molar-refractivity contribution < 1.29 is 0 Å². The Bertz CT molecular complexity index is 2470. The number of hydrogen-bond acceptors (Lipinski definition) is 1. The van der Waals surface area contributed by atoms with Crippen molar-refractivity contribution in [1.29, 1.82) is 0 Å². The Hall–Kier alpha value is -6.38. The molecule has 9 rings (SSSR count). The molecule has 1 atom stereocenters. The van der Waals surface area contributed by atoms with Crippen molar-refractivity contribution in [2.45, 2.75) is 12.3 Å². The van der Waals surface area contributed by atoms with Crippen LogP contribution in [0.25, 0.3) is 49.7 Å². The highest BCUT2D eigenvalue weighted by Gasteiger charge is 2.16. The number of anilines is 3. The number of allylic oxidation sites excluding steroid dienone is 4. The molecule has 1 aliphatic carbocycles. The average molecular weight is 641 g/mol. The third-order valence-corrected chi connectivity index (χ3v) is 9.94. The number of fused-ring (bicyclic) bond motifs is 3. The fourth-order valence-electron chi connectivity index (χ4n) is 7.39. The molecule has 0 unspecified atom stereocenters. The van der Waals surface area contributed by atoms with E-state index in [0.29, 0.717) is 5.92 Å². The summed E-state index contributed by atoms with van der Waals surface area (Å²) in [7, 11) is 0. The predicted octanol–water partition coefficient (Wildman–Crippen LogP) is 13.2. The Kier molecular flexibility index (Phi) is 7.68. The molecule has 2 nitrogen and oxygen atoms in total. The molecule has 0 radical (unpaired) electrons.